The van der Waals surface area contributed by atoms with Gasteiger partial charge in [0.2, 0.25) is 0 Å². The molecule has 1 fully saturated rings. The third-order valence-corrected chi connectivity index (χ3v) is 3.65. The number of anilines is 1. The molecule has 0 spiro atoms. The van der Waals surface area contributed by atoms with Gasteiger partial charge in [0, 0.05) is 23.2 Å². The van der Waals surface area contributed by atoms with E-state index in [-0.39, 0.29) is 12.1 Å². The van der Waals surface area contributed by atoms with E-state index in [0.717, 1.165) is 24.3 Å². The fourth-order valence-electron chi connectivity index (χ4n) is 1.67. The predicted molar refractivity (Wildman–Crippen MR) is 57.0 cm³/mol. The van der Waals surface area contributed by atoms with Crippen molar-refractivity contribution in [1.29, 1.82) is 0 Å². The largest absolute Gasteiger partial charge is 0.394 e. The topological polar surface area (TPSA) is 71.2 Å². The average Bonchev–Trinajstić information content (AvgIpc) is 2.50. The minimum atomic E-state index is -0.0290. The smallest absolute Gasteiger partial charge is 0.180 e. The normalized spacial score (nSPS) is 19.2. The van der Waals surface area contributed by atoms with Crippen molar-refractivity contribution in [3.05, 3.63) is 11.1 Å². The van der Waals surface area contributed by atoms with Crippen molar-refractivity contribution in [3.8, 4) is 0 Å². The summed E-state index contributed by atoms with van der Waals surface area (Å²) in [4.78, 5) is 5.11. The number of aliphatic hydroxyl groups is 1. The van der Waals surface area contributed by atoms with Crippen molar-refractivity contribution in [1.82, 2.24) is 10.3 Å². The fourth-order valence-corrected chi connectivity index (χ4v) is 2.30. The molecule has 0 bridgehead atoms. The van der Waals surface area contributed by atoms with Crippen LogP contribution in [0, 0.1) is 0 Å². The molecule has 0 radical (unpaired) electrons. The zero-order valence-electron chi connectivity index (χ0n) is 7.99. The molecule has 4 N–H and O–H groups in total. The van der Waals surface area contributed by atoms with E-state index in [4.69, 9.17) is 5.73 Å². The van der Waals surface area contributed by atoms with Gasteiger partial charge in [-0.15, -0.1) is 11.3 Å². The average molecular weight is 213 g/mol. The van der Waals surface area contributed by atoms with E-state index >= 15 is 0 Å². The first-order valence-corrected chi connectivity index (χ1v) is 5.62. The molecule has 0 unspecified atom stereocenters. The van der Waals surface area contributed by atoms with Crippen LogP contribution in [0.5, 0.6) is 0 Å². The van der Waals surface area contributed by atoms with Gasteiger partial charge >= 0.3 is 0 Å². The molecule has 1 saturated carbocycles. The van der Waals surface area contributed by atoms with Crippen LogP contribution < -0.4 is 11.1 Å². The van der Waals surface area contributed by atoms with Crippen LogP contribution in [0.3, 0.4) is 0 Å². The quantitative estimate of drug-likeness (QED) is 0.689. The van der Waals surface area contributed by atoms with Crippen LogP contribution in [0.2, 0.25) is 0 Å². The molecule has 0 atom stereocenters. The number of aliphatic hydroxyl groups excluding tert-OH is 1. The molecule has 1 aromatic rings. The van der Waals surface area contributed by atoms with Crippen molar-refractivity contribution in [2.24, 2.45) is 0 Å². The molecule has 0 aromatic carbocycles. The van der Waals surface area contributed by atoms with E-state index in [2.05, 4.69) is 10.3 Å². The Kier molecular flexibility index (Phi) is 2.71. The highest BCUT2D eigenvalue weighted by Gasteiger charge is 2.35. The maximum absolute atomic E-state index is 9.22. The SMILES string of the molecule is Nc1ncc(CNC2(CO)CCC2)s1. The lowest BCUT2D eigenvalue weighted by atomic mass is 9.77. The summed E-state index contributed by atoms with van der Waals surface area (Å²) in [7, 11) is 0. The molecule has 5 heteroatoms. The Bertz CT molecular complexity index is 303. The van der Waals surface area contributed by atoms with Crippen LogP contribution in [-0.4, -0.2) is 22.2 Å². The Morgan fingerprint density at radius 3 is 2.86 bits per heavy atom. The standard InChI is InChI=1S/C9H15N3OS/c10-8-11-4-7(14-8)5-12-9(6-13)2-1-3-9/h4,12-13H,1-3,5-6H2,(H2,10,11). The van der Waals surface area contributed by atoms with Crippen LogP contribution >= 0.6 is 11.3 Å². The fraction of sp³-hybridized carbons (Fsp3) is 0.667. The van der Waals surface area contributed by atoms with Crippen molar-refractivity contribution in [3.63, 3.8) is 0 Å². The lowest BCUT2D eigenvalue weighted by Gasteiger charge is -2.41. The zero-order valence-corrected chi connectivity index (χ0v) is 8.81. The maximum Gasteiger partial charge on any atom is 0.180 e. The van der Waals surface area contributed by atoms with Crippen molar-refractivity contribution < 1.29 is 5.11 Å². The second-order valence-electron chi connectivity index (χ2n) is 3.81. The number of nitrogens with one attached hydrogen (secondary N) is 1. The van der Waals surface area contributed by atoms with Gasteiger partial charge in [0.1, 0.15) is 0 Å². The summed E-state index contributed by atoms with van der Waals surface area (Å²) >= 11 is 1.50. The number of hydrogen-bond acceptors (Lipinski definition) is 5. The Balaban J connectivity index is 1.87. The molecule has 14 heavy (non-hydrogen) atoms. The van der Waals surface area contributed by atoms with Gasteiger partial charge in [-0.2, -0.15) is 0 Å². The molecule has 4 nitrogen and oxygen atoms in total. The molecule has 1 aliphatic rings. The lowest BCUT2D eigenvalue weighted by Crippen LogP contribution is -2.53. The summed E-state index contributed by atoms with van der Waals surface area (Å²) in [5.41, 5.74) is 5.50. The van der Waals surface area contributed by atoms with Crippen molar-refractivity contribution >= 4 is 16.5 Å². The van der Waals surface area contributed by atoms with E-state index in [9.17, 15) is 5.11 Å². The van der Waals surface area contributed by atoms with Gasteiger partial charge < -0.3 is 16.2 Å². The van der Waals surface area contributed by atoms with E-state index < -0.39 is 0 Å². The summed E-state index contributed by atoms with van der Waals surface area (Å²) in [6.07, 6.45) is 5.13. The second-order valence-corrected chi connectivity index (χ2v) is 4.96. The van der Waals surface area contributed by atoms with E-state index in [1.807, 2.05) is 0 Å². The third-order valence-electron chi connectivity index (χ3n) is 2.82. The van der Waals surface area contributed by atoms with Crippen LogP contribution in [0.25, 0.3) is 0 Å². The van der Waals surface area contributed by atoms with Crippen LogP contribution in [0.4, 0.5) is 5.13 Å². The molecule has 1 aromatic heterocycles. The number of aromatic nitrogens is 1. The van der Waals surface area contributed by atoms with Gasteiger partial charge in [-0.3, -0.25) is 0 Å². The Labute approximate surface area is 87.2 Å². The Hall–Kier alpha value is -0.650. The highest BCUT2D eigenvalue weighted by molar-refractivity contribution is 7.15. The van der Waals surface area contributed by atoms with Gasteiger partial charge in [0.15, 0.2) is 5.13 Å². The van der Waals surface area contributed by atoms with E-state index in [0.29, 0.717) is 5.13 Å². The molecule has 0 aliphatic heterocycles. The summed E-state index contributed by atoms with van der Waals surface area (Å²) < 4.78 is 0. The summed E-state index contributed by atoms with van der Waals surface area (Å²) in [6.45, 7) is 0.983. The Morgan fingerprint density at radius 2 is 2.43 bits per heavy atom. The maximum atomic E-state index is 9.22. The molecule has 0 saturated heterocycles. The number of nitrogens with zero attached hydrogens (tertiary/aromatic N) is 1. The molecule has 1 aliphatic carbocycles. The van der Waals surface area contributed by atoms with Gasteiger partial charge in [0.25, 0.3) is 0 Å². The lowest BCUT2D eigenvalue weighted by molar-refractivity contribution is 0.0875. The Morgan fingerprint density at radius 1 is 1.64 bits per heavy atom. The highest BCUT2D eigenvalue weighted by Crippen LogP contribution is 2.31. The van der Waals surface area contributed by atoms with Gasteiger partial charge in [-0.25, -0.2) is 4.98 Å². The van der Waals surface area contributed by atoms with Gasteiger partial charge in [-0.1, -0.05) is 0 Å². The number of nitrogen functional groups attached to an aromatic ring is 1. The first-order chi connectivity index (χ1) is 6.74. The van der Waals surface area contributed by atoms with Crippen LogP contribution in [-0.2, 0) is 6.54 Å². The van der Waals surface area contributed by atoms with Gasteiger partial charge in [-0.05, 0) is 19.3 Å². The first kappa shape index (κ1) is 9.89. The molecule has 0 amide bonds. The highest BCUT2D eigenvalue weighted by atomic mass is 32.1. The third kappa shape index (κ3) is 1.89. The molecular formula is C9H15N3OS. The summed E-state index contributed by atoms with van der Waals surface area (Å²) in [5, 5.41) is 13.2. The molecular weight excluding hydrogens is 198 g/mol. The number of thiazole rings is 1. The van der Waals surface area contributed by atoms with Crippen LogP contribution in [0.15, 0.2) is 6.20 Å². The molecule has 78 valence electrons. The second kappa shape index (κ2) is 3.84. The van der Waals surface area contributed by atoms with Crippen LogP contribution in [0.1, 0.15) is 24.1 Å². The minimum absolute atomic E-state index is 0.0290. The summed E-state index contributed by atoms with van der Waals surface area (Å²) in [5.74, 6) is 0. The molecule has 2 rings (SSSR count). The number of rotatable bonds is 4. The zero-order chi connectivity index (χ0) is 10.0. The predicted octanol–water partition coefficient (Wildman–Crippen LogP) is 0.730. The number of nitrogens with two attached hydrogens (primary N) is 1. The summed E-state index contributed by atoms with van der Waals surface area (Å²) in [6, 6.07) is 0. The van der Waals surface area contributed by atoms with Crippen molar-refractivity contribution in [2.75, 3.05) is 12.3 Å². The van der Waals surface area contributed by atoms with E-state index in [1.54, 1.807) is 6.20 Å². The first-order valence-electron chi connectivity index (χ1n) is 4.80. The van der Waals surface area contributed by atoms with Crippen molar-refractivity contribution in [2.45, 2.75) is 31.3 Å². The number of hydrogen-bond donors (Lipinski definition) is 3. The molecule has 1 heterocycles. The van der Waals surface area contributed by atoms with Gasteiger partial charge in [0.05, 0.1) is 6.61 Å². The minimum Gasteiger partial charge on any atom is -0.394 e. The van der Waals surface area contributed by atoms with E-state index in [1.165, 1.54) is 17.8 Å². The monoisotopic (exact) mass is 213 g/mol.